The molecule has 0 aliphatic carbocycles. The maximum atomic E-state index is 4.29. The minimum absolute atomic E-state index is 0.505. The van der Waals surface area contributed by atoms with Gasteiger partial charge in [-0.2, -0.15) is 37.9 Å². The second-order valence-electron chi connectivity index (χ2n) is 1.68. The fourth-order valence-corrected chi connectivity index (χ4v) is 1.73. The van der Waals surface area contributed by atoms with E-state index in [-0.39, 0.29) is 0 Å². The molecule has 0 aromatic heterocycles. The van der Waals surface area contributed by atoms with Crippen molar-refractivity contribution in [1.82, 2.24) is 0 Å². The van der Waals surface area contributed by atoms with E-state index in [1.807, 2.05) is 0 Å². The van der Waals surface area contributed by atoms with Crippen LogP contribution < -0.4 is 0 Å². The standard InChI is InChI=1S/C5H12S3/c6-3-1-5(8)2-4-7/h5-8H,1-4H2. The van der Waals surface area contributed by atoms with Crippen molar-refractivity contribution >= 4 is 37.9 Å². The Morgan fingerprint density at radius 1 is 1.00 bits per heavy atom. The lowest BCUT2D eigenvalue weighted by Crippen LogP contribution is -1.99. The molecule has 0 amide bonds. The molecule has 0 bridgehead atoms. The highest BCUT2D eigenvalue weighted by atomic mass is 32.1. The van der Waals surface area contributed by atoms with Gasteiger partial charge in [-0.1, -0.05) is 0 Å². The topological polar surface area (TPSA) is 0 Å². The zero-order valence-electron chi connectivity index (χ0n) is 4.75. The van der Waals surface area contributed by atoms with E-state index in [0.29, 0.717) is 5.25 Å². The monoisotopic (exact) mass is 168 g/mol. The average Bonchev–Trinajstić information content (AvgIpc) is 1.68. The molecule has 0 aliphatic rings. The fraction of sp³-hybridized carbons (Fsp3) is 1.00. The normalized spacial score (nSPS) is 10.5. The van der Waals surface area contributed by atoms with Gasteiger partial charge in [-0.05, 0) is 24.3 Å². The largest absolute Gasteiger partial charge is 0.179 e. The molecule has 50 valence electrons. The smallest absolute Gasteiger partial charge is 0.00323 e. The minimum Gasteiger partial charge on any atom is -0.179 e. The van der Waals surface area contributed by atoms with Crippen molar-refractivity contribution < 1.29 is 0 Å². The van der Waals surface area contributed by atoms with Crippen LogP contribution in [0.1, 0.15) is 12.8 Å². The SMILES string of the molecule is SCCC(S)CCS. The van der Waals surface area contributed by atoms with Gasteiger partial charge in [0.05, 0.1) is 0 Å². The molecular formula is C5H12S3. The molecule has 0 spiro atoms. The Balaban J connectivity index is 2.92. The second-order valence-corrected chi connectivity index (χ2v) is 3.30. The van der Waals surface area contributed by atoms with Crippen LogP contribution in [0.25, 0.3) is 0 Å². The van der Waals surface area contributed by atoms with Gasteiger partial charge in [-0.3, -0.25) is 0 Å². The molecule has 8 heavy (non-hydrogen) atoms. The summed E-state index contributed by atoms with van der Waals surface area (Å²) in [5, 5.41) is 0.505. The van der Waals surface area contributed by atoms with Crippen LogP contribution in [0, 0.1) is 0 Å². The zero-order chi connectivity index (χ0) is 6.41. The van der Waals surface area contributed by atoms with E-state index < -0.39 is 0 Å². The van der Waals surface area contributed by atoms with Crippen LogP contribution in [0.2, 0.25) is 0 Å². The van der Waals surface area contributed by atoms with Crippen LogP contribution in [-0.4, -0.2) is 16.8 Å². The molecular weight excluding hydrogens is 156 g/mol. The quantitative estimate of drug-likeness (QED) is 0.525. The third-order valence-electron chi connectivity index (χ3n) is 0.925. The minimum atomic E-state index is 0.505. The lowest BCUT2D eigenvalue weighted by Gasteiger charge is -2.03. The van der Waals surface area contributed by atoms with Crippen LogP contribution in [0.3, 0.4) is 0 Å². The van der Waals surface area contributed by atoms with Gasteiger partial charge >= 0.3 is 0 Å². The number of hydrogen-bond donors (Lipinski definition) is 3. The van der Waals surface area contributed by atoms with E-state index in [2.05, 4.69) is 37.9 Å². The van der Waals surface area contributed by atoms with E-state index in [9.17, 15) is 0 Å². The first-order chi connectivity index (χ1) is 3.81. The van der Waals surface area contributed by atoms with Crippen molar-refractivity contribution in [2.45, 2.75) is 18.1 Å². The third kappa shape index (κ3) is 5.19. The van der Waals surface area contributed by atoms with Gasteiger partial charge in [0.15, 0.2) is 0 Å². The zero-order valence-corrected chi connectivity index (χ0v) is 7.43. The Kier molecular flexibility index (Phi) is 6.98. The summed E-state index contributed by atoms with van der Waals surface area (Å²) in [5.74, 6) is 1.86. The van der Waals surface area contributed by atoms with Gasteiger partial charge in [-0.15, -0.1) is 0 Å². The summed E-state index contributed by atoms with van der Waals surface area (Å²) >= 11 is 12.5. The van der Waals surface area contributed by atoms with Gasteiger partial charge in [-0.25, -0.2) is 0 Å². The Morgan fingerprint density at radius 2 is 1.38 bits per heavy atom. The van der Waals surface area contributed by atoms with E-state index in [1.165, 1.54) is 0 Å². The van der Waals surface area contributed by atoms with Crippen LogP contribution in [0.15, 0.2) is 0 Å². The van der Waals surface area contributed by atoms with Crippen molar-refractivity contribution in [1.29, 1.82) is 0 Å². The molecule has 0 fully saturated rings. The summed E-state index contributed by atoms with van der Waals surface area (Å²) in [6, 6.07) is 0. The summed E-state index contributed by atoms with van der Waals surface area (Å²) in [7, 11) is 0. The molecule has 0 saturated heterocycles. The van der Waals surface area contributed by atoms with Crippen molar-refractivity contribution in [2.24, 2.45) is 0 Å². The molecule has 0 N–H and O–H groups in total. The van der Waals surface area contributed by atoms with Crippen molar-refractivity contribution in [2.75, 3.05) is 11.5 Å². The van der Waals surface area contributed by atoms with E-state index in [0.717, 1.165) is 24.3 Å². The van der Waals surface area contributed by atoms with Gasteiger partial charge in [0, 0.05) is 5.25 Å². The van der Waals surface area contributed by atoms with Crippen LogP contribution in [0.5, 0.6) is 0 Å². The Morgan fingerprint density at radius 3 is 1.62 bits per heavy atom. The molecule has 3 heteroatoms. The maximum absolute atomic E-state index is 4.29. The van der Waals surface area contributed by atoms with Crippen molar-refractivity contribution in [3.05, 3.63) is 0 Å². The summed E-state index contributed by atoms with van der Waals surface area (Å²) in [6.45, 7) is 0. The average molecular weight is 168 g/mol. The molecule has 0 atom stereocenters. The first-order valence-electron chi connectivity index (χ1n) is 2.71. The van der Waals surface area contributed by atoms with E-state index in [4.69, 9.17) is 0 Å². The molecule has 0 aromatic carbocycles. The number of rotatable bonds is 4. The highest BCUT2D eigenvalue weighted by Gasteiger charge is 1.97. The first-order valence-corrected chi connectivity index (χ1v) is 4.49. The Hall–Kier alpha value is 1.05. The first kappa shape index (κ1) is 9.05. The van der Waals surface area contributed by atoms with Crippen molar-refractivity contribution in [3.63, 3.8) is 0 Å². The molecule has 0 heterocycles. The predicted octanol–water partition coefficient (Wildman–Crippen LogP) is 1.92. The van der Waals surface area contributed by atoms with Crippen molar-refractivity contribution in [3.8, 4) is 0 Å². The summed E-state index contributed by atoms with van der Waals surface area (Å²) in [6.07, 6.45) is 2.18. The van der Waals surface area contributed by atoms with Gasteiger partial charge in [0.2, 0.25) is 0 Å². The lowest BCUT2D eigenvalue weighted by atomic mass is 10.3. The van der Waals surface area contributed by atoms with Crippen LogP contribution in [-0.2, 0) is 0 Å². The Labute approximate surface area is 67.7 Å². The third-order valence-corrected chi connectivity index (χ3v) is 1.96. The molecule has 0 rings (SSSR count). The number of hydrogen-bond acceptors (Lipinski definition) is 3. The molecule has 0 aromatic rings. The predicted molar refractivity (Wildman–Crippen MR) is 49.7 cm³/mol. The molecule has 0 radical (unpaired) electrons. The maximum Gasteiger partial charge on any atom is 0.00323 e. The second kappa shape index (κ2) is 6.17. The van der Waals surface area contributed by atoms with Gasteiger partial charge in [0.1, 0.15) is 0 Å². The van der Waals surface area contributed by atoms with Crippen LogP contribution >= 0.6 is 37.9 Å². The summed E-state index contributed by atoms with van der Waals surface area (Å²) in [5.41, 5.74) is 0. The lowest BCUT2D eigenvalue weighted by molar-refractivity contribution is 0.815. The fourth-order valence-electron chi connectivity index (χ4n) is 0.442. The molecule has 0 nitrogen and oxygen atoms in total. The molecule has 0 unspecified atom stereocenters. The van der Waals surface area contributed by atoms with Gasteiger partial charge in [0.25, 0.3) is 0 Å². The highest BCUT2D eigenvalue weighted by Crippen LogP contribution is 2.07. The van der Waals surface area contributed by atoms with E-state index >= 15 is 0 Å². The van der Waals surface area contributed by atoms with E-state index in [1.54, 1.807) is 0 Å². The highest BCUT2D eigenvalue weighted by molar-refractivity contribution is 7.82. The van der Waals surface area contributed by atoms with Gasteiger partial charge < -0.3 is 0 Å². The number of thiol groups is 3. The summed E-state index contributed by atoms with van der Waals surface area (Å²) in [4.78, 5) is 0. The Bertz CT molecular complexity index is 40.9. The molecule has 0 saturated carbocycles. The summed E-state index contributed by atoms with van der Waals surface area (Å²) < 4.78 is 0. The van der Waals surface area contributed by atoms with Crippen LogP contribution in [0.4, 0.5) is 0 Å². The molecule has 0 aliphatic heterocycles.